The van der Waals surface area contributed by atoms with Crippen molar-refractivity contribution in [3.05, 3.63) is 15.6 Å². The maximum Gasteiger partial charge on any atom is 0.191 e. The monoisotopic (exact) mass is 322 g/mol. The zero-order valence-electron chi connectivity index (χ0n) is 14.4. The number of hydrogen-bond acceptors (Lipinski definition) is 3. The lowest BCUT2D eigenvalue weighted by molar-refractivity contribution is 0.324. The van der Waals surface area contributed by atoms with Crippen molar-refractivity contribution >= 4 is 17.3 Å². The number of rotatable bonds is 5. The first-order chi connectivity index (χ1) is 10.6. The third-order valence-corrected chi connectivity index (χ3v) is 5.36. The van der Waals surface area contributed by atoms with Gasteiger partial charge in [0, 0.05) is 30.4 Å². The van der Waals surface area contributed by atoms with E-state index in [0.717, 1.165) is 42.1 Å². The van der Waals surface area contributed by atoms with E-state index >= 15 is 0 Å². The molecule has 1 aliphatic rings. The molecule has 1 aromatic heterocycles. The SMILES string of the molecule is CCNC(=NCCc1sc(C)nc1C)NC1CCCC(C)C1. The number of hydrogen-bond donors (Lipinski definition) is 2. The molecule has 5 heteroatoms. The van der Waals surface area contributed by atoms with Gasteiger partial charge in [-0.25, -0.2) is 4.98 Å². The van der Waals surface area contributed by atoms with Gasteiger partial charge in [0.2, 0.25) is 0 Å². The molecular weight excluding hydrogens is 292 g/mol. The van der Waals surface area contributed by atoms with Crippen molar-refractivity contribution in [1.82, 2.24) is 15.6 Å². The lowest BCUT2D eigenvalue weighted by atomic mass is 9.87. The van der Waals surface area contributed by atoms with Crippen molar-refractivity contribution in [3.63, 3.8) is 0 Å². The van der Waals surface area contributed by atoms with Gasteiger partial charge >= 0.3 is 0 Å². The van der Waals surface area contributed by atoms with Gasteiger partial charge in [-0.15, -0.1) is 11.3 Å². The van der Waals surface area contributed by atoms with E-state index in [9.17, 15) is 0 Å². The molecule has 0 radical (unpaired) electrons. The molecule has 2 unspecified atom stereocenters. The Hall–Kier alpha value is -1.10. The number of nitrogens with zero attached hydrogens (tertiary/aromatic N) is 2. The van der Waals surface area contributed by atoms with Crippen LogP contribution in [0, 0.1) is 19.8 Å². The summed E-state index contributed by atoms with van der Waals surface area (Å²) >= 11 is 1.79. The van der Waals surface area contributed by atoms with Crippen LogP contribution in [0.3, 0.4) is 0 Å². The van der Waals surface area contributed by atoms with Crippen LogP contribution < -0.4 is 10.6 Å². The van der Waals surface area contributed by atoms with Gasteiger partial charge in [0.05, 0.1) is 10.7 Å². The van der Waals surface area contributed by atoms with E-state index < -0.39 is 0 Å². The molecule has 1 saturated carbocycles. The third-order valence-electron chi connectivity index (χ3n) is 4.23. The minimum Gasteiger partial charge on any atom is -0.357 e. The smallest absolute Gasteiger partial charge is 0.191 e. The second kappa shape index (κ2) is 8.51. The molecule has 1 fully saturated rings. The van der Waals surface area contributed by atoms with Gasteiger partial charge in [0.25, 0.3) is 0 Å². The summed E-state index contributed by atoms with van der Waals surface area (Å²) < 4.78 is 0. The molecule has 0 spiro atoms. The molecule has 0 saturated heterocycles. The first-order valence-corrected chi connectivity index (χ1v) is 9.38. The van der Waals surface area contributed by atoms with Crippen molar-refractivity contribution in [3.8, 4) is 0 Å². The molecule has 1 heterocycles. The van der Waals surface area contributed by atoms with Crippen LogP contribution >= 0.6 is 11.3 Å². The number of guanidine groups is 1. The second-order valence-electron chi connectivity index (χ2n) is 6.37. The first kappa shape index (κ1) is 17.3. The molecule has 22 heavy (non-hydrogen) atoms. The normalized spacial score (nSPS) is 22.6. The zero-order valence-corrected chi connectivity index (χ0v) is 15.2. The highest BCUT2D eigenvalue weighted by Gasteiger charge is 2.19. The van der Waals surface area contributed by atoms with Crippen LogP contribution in [0.1, 0.15) is 55.1 Å². The van der Waals surface area contributed by atoms with E-state index in [1.165, 1.54) is 30.6 Å². The average Bonchev–Trinajstić information content (AvgIpc) is 2.77. The van der Waals surface area contributed by atoms with Crippen molar-refractivity contribution in [2.75, 3.05) is 13.1 Å². The van der Waals surface area contributed by atoms with Gasteiger partial charge in [-0.05, 0) is 39.5 Å². The average molecular weight is 323 g/mol. The van der Waals surface area contributed by atoms with Crippen molar-refractivity contribution in [2.24, 2.45) is 10.9 Å². The summed E-state index contributed by atoms with van der Waals surface area (Å²) in [6, 6.07) is 0.578. The summed E-state index contributed by atoms with van der Waals surface area (Å²) in [6.07, 6.45) is 6.21. The van der Waals surface area contributed by atoms with Crippen molar-refractivity contribution < 1.29 is 0 Å². The third kappa shape index (κ3) is 5.27. The molecule has 0 amide bonds. The number of thiazole rings is 1. The zero-order chi connectivity index (χ0) is 15.9. The maximum absolute atomic E-state index is 4.75. The largest absolute Gasteiger partial charge is 0.357 e. The Morgan fingerprint density at radius 2 is 2.18 bits per heavy atom. The van der Waals surface area contributed by atoms with Crippen LogP contribution in [-0.2, 0) is 6.42 Å². The minimum absolute atomic E-state index is 0.578. The summed E-state index contributed by atoms with van der Waals surface area (Å²) in [5.74, 6) is 1.80. The molecule has 1 aromatic rings. The molecule has 2 atom stereocenters. The molecule has 0 aromatic carbocycles. The van der Waals surface area contributed by atoms with E-state index in [-0.39, 0.29) is 0 Å². The summed E-state index contributed by atoms with van der Waals surface area (Å²) in [5, 5.41) is 8.15. The number of nitrogens with one attached hydrogen (secondary N) is 2. The predicted molar refractivity (Wildman–Crippen MR) is 95.8 cm³/mol. The van der Waals surface area contributed by atoms with Crippen LogP contribution in [0.15, 0.2) is 4.99 Å². The molecule has 0 aliphatic heterocycles. The summed E-state index contributed by atoms with van der Waals surface area (Å²) in [5.41, 5.74) is 1.16. The quantitative estimate of drug-likeness (QED) is 0.645. The summed E-state index contributed by atoms with van der Waals surface area (Å²) in [7, 11) is 0. The fourth-order valence-electron chi connectivity index (χ4n) is 3.15. The Bertz CT molecular complexity index is 495. The van der Waals surface area contributed by atoms with Gasteiger partial charge in [-0.3, -0.25) is 4.99 Å². The lowest BCUT2D eigenvalue weighted by Gasteiger charge is -2.28. The Balaban J connectivity index is 1.87. The van der Waals surface area contributed by atoms with Crippen LogP contribution in [0.4, 0.5) is 0 Å². The van der Waals surface area contributed by atoms with Gasteiger partial charge in [0.15, 0.2) is 5.96 Å². The van der Waals surface area contributed by atoms with E-state index in [4.69, 9.17) is 4.99 Å². The molecule has 1 aliphatic carbocycles. The molecule has 124 valence electrons. The van der Waals surface area contributed by atoms with Gasteiger partial charge in [-0.2, -0.15) is 0 Å². The topological polar surface area (TPSA) is 49.3 Å². The highest BCUT2D eigenvalue weighted by atomic mass is 32.1. The predicted octanol–water partition coefficient (Wildman–Crippen LogP) is 3.44. The standard InChI is InChI=1S/C17H30N4S/c1-5-18-17(21-15-8-6-7-12(2)11-15)19-10-9-16-13(3)20-14(4)22-16/h12,15H,5-11H2,1-4H3,(H2,18,19,21). The van der Waals surface area contributed by atoms with E-state index in [1.807, 2.05) is 0 Å². The number of aryl methyl sites for hydroxylation is 2. The second-order valence-corrected chi connectivity index (χ2v) is 7.65. The highest BCUT2D eigenvalue weighted by Crippen LogP contribution is 2.23. The number of aliphatic imine (C=N–C) groups is 1. The van der Waals surface area contributed by atoms with Crippen molar-refractivity contribution in [1.29, 1.82) is 0 Å². The molecule has 0 bridgehead atoms. The van der Waals surface area contributed by atoms with Crippen molar-refractivity contribution in [2.45, 2.75) is 65.8 Å². The summed E-state index contributed by atoms with van der Waals surface area (Å²) in [6.45, 7) is 10.4. The Kier molecular flexibility index (Phi) is 6.68. The fourth-order valence-corrected chi connectivity index (χ4v) is 4.08. The van der Waals surface area contributed by atoms with Crippen LogP contribution in [0.25, 0.3) is 0 Å². The fraction of sp³-hybridized carbons (Fsp3) is 0.765. The summed E-state index contributed by atoms with van der Waals surface area (Å²) in [4.78, 5) is 10.6. The van der Waals surface area contributed by atoms with Crippen LogP contribution in [0.2, 0.25) is 0 Å². The Labute approximate surface area is 138 Å². The first-order valence-electron chi connectivity index (χ1n) is 8.56. The molecular formula is C17H30N4S. The lowest BCUT2D eigenvalue weighted by Crippen LogP contribution is -2.45. The van der Waals surface area contributed by atoms with Gasteiger partial charge in [0.1, 0.15) is 0 Å². The Morgan fingerprint density at radius 1 is 1.36 bits per heavy atom. The maximum atomic E-state index is 4.75. The molecule has 2 N–H and O–H groups in total. The molecule has 2 rings (SSSR count). The van der Waals surface area contributed by atoms with Crippen LogP contribution in [0.5, 0.6) is 0 Å². The number of aromatic nitrogens is 1. The van der Waals surface area contributed by atoms with Crippen LogP contribution in [-0.4, -0.2) is 30.1 Å². The van der Waals surface area contributed by atoms with Gasteiger partial charge in [-0.1, -0.05) is 19.8 Å². The molecule has 4 nitrogen and oxygen atoms in total. The highest BCUT2D eigenvalue weighted by molar-refractivity contribution is 7.11. The van der Waals surface area contributed by atoms with E-state index in [1.54, 1.807) is 11.3 Å². The minimum atomic E-state index is 0.578. The van der Waals surface area contributed by atoms with E-state index in [0.29, 0.717) is 6.04 Å². The Morgan fingerprint density at radius 3 is 2.82 bits per heavy atom. The van der Waals surface area contributed by atoms with Gasteiger partial charge < -0.3 is 10.6 Å². The van der Waals surface area contributed by atoms with E-state index in [2.05, 4.69) is 43.3 Å².